The van der Waals surface area contributed by atoms with Crippen molar-refractivity contribution in [3.05, 3.63) is 0 Å². The standard InChI is InChI=1S/C10H18N2S/c1-9(8-11)12-5-4-10(2,3)13-7-6-12/h9H,4-7H2,1-3H3. The van der Waals surface area contributed by atoms with E-state index in [-0.39, 0.29) is 6.04 Å². The zero-order valence-electron chi connectivity index (χ0n) is 8.71. The van der Waals surface area contributed by atoms with Gasteiger partial charge in [0.2, 0.25) is 0 Å². The van der Waals surface area contributed by atoms with Crippen molar-refractivity contribution < 1.29 is 0 Å². The van der Waals surface area contributed by atoms with Crippen LogP contribution in [0.2, 0.25) is 0 Å². The first kappa shape index (κ1) is 10.9. The van der Waals surface area contributed by atoms with Crippen LogP contribution in [0.15, 0.2) is 0 Å². The first-order valence-corrected chi connectivity index (χ1v) is 5.81. The lowest BCUT2D eigenvalue weighted by Crippen LogP contribution is -2.34. The van der Waals surface area contributed by atoms with E-state index in [9.17, 15) is 0 Å². The van der Waals surface area contributed by atoms with Crippen molar-refractivity contribution >= 4 is 11.8 Å². The monoisotopic (exact) mass is 198 g/mol. The largest absolute Gasteiger partial charge is 0.287 e. The normalized spacial score (nSPS) is 26.0. The van der Waals surface area contributed by atoms with Crippen molar-refractivity contribution in [1.29, 1.82) is 5.26 Å². The molecule has 0 aromatic heterocycles. The second kappa shape index (κ2) is 4.34. The number of nitriles is 1. The number of thioether (sulfide) groups is 1. The SMILES string of the molecule is CC(C#N)N1CCSC(C)(C)CC1. The second-order valence-electron chi connectivity index (χ2n) is 4.20. The summed E-state index contributed by atoms with van der Waals surface area (Å²) < 4.78 is 0.393. The maximum Gasteiger partial charge on any atom is 0.0949 e. The Kier molecular flexibility index (Phi) is 3.63. The summed E-state index contributed by atoms with van der Waals surface area (Å²) in [7, 11) is 0. The summed E-state index contributed by atoms with van der Waals surface area (Å²) in [5, 5.41) is 8.81. The number of hydrogen-bond donors (Lipinski definition) is 0. The third-order valence-corrected chi connectivity index (χ3v) is 3.98. The van der Waals surface area contributed by atoms with Gasteiger partial charge >= 0.3 is 0 Å². The number of nitrogens with zero attached hydrogens (tertiary/aromatic N) is 2. The molecule has 0 aromatic rings. The Bertz CT molecular complexity index is 207. The molecular formula is C10H18N2S. The van der Waals surface area contributed by atoms with Crippen LogP contribution in [0.3, 0.4) is 0 Å². The van der Waals surface area contributed by atoms with Crippen molar-refractivity contribution in [2.45, 2.75) is 38.0 Å². The lowest BCUT2D eigenvalue weighted by molar-refractivity contribution is 0.256. The zero-order chi connectivity index (χ0) is 9.90. The van der Waals surface area contributed by atoms with Crippen LogP contribution in [-0.2, 0) is 0 Å². The molecule has 1 unspecified atom stereocenters. The van der Waals surface area contributed by atoms with E-state index in [2.05, 4.69) is 24.8 Å². The molecule has 1 aliphatic rings. The van der Waals surface area contributed by atoms with E-state index in [1.165, 1.54) is 6.42 Å². The van der Waals surface area contributed by atoms with Gasteiger partial charge in [-0.1, -0.05) is 13.8 Å². The molecule has 1 atom stereocenters. The van der Waals surface area contributed by atoms with E-state index in [1.54, 1.807) is 0 Å². The van der Waals surface area contributed by atoms with Gasteiger partial charge in [0.05, 0.1) is 12.1 Å². The Labute approximate surface area is 85.3 Å². The van der Waals surface area contributed by atoms with Crippen LogP contribution in [-0.4, -0.2) is 34.5 Å². The Morgan fingerprint density at radius 1 is 1.46 bits per heavy atom. The van der Waals surface area contributed by atoms with Crippen LogP contribution in [0.1, 0.15) is 27.2 Å². The average molecular weight is 198 g/mol. The molecule has 1 aliphatic heterocycles. The molecule has 0 saturated carbocycles. The van der Waals surface area contributed by atoms with Gasteiger partial charge in [-0.3, -0.25) is 4.90 Å². The molecule has 13 heavy (non-hydrogen) atoms. The molecule has 0 aromatic carbocycles. The molecule has 2 nitrogen and oxygen atoms in total. The predicted octanol–water partition coefficient (Wildman–Crippen LogP) is 2.12. The van der Waals surface area contributed by atoms with Crippen molar-refractivity contribution in [3.8, 4) is 6.07 Å². The number of hydrogen-bond acceptors (Lipinski definition) is 3. The van der Waals surface area contributed by atoms with Gasteiger partial charge in [-0.15, -0.1) is 0 Å². The highest BCUT2D eigenvalue weighted by Crippen LogP contribution is 2.30. The Morgan fingerprint density at radius 2 is 2.15 bits per heavy atom. The van der Waals surface area contributed by atoms with Crippen molar-refractivity contribution in [2.24, 2.45) is 0 Å². The van der Waals surface area contributed by atoms with Gasteiger partial charge in [-0.05, 0) is 13.3 Å². The quantitative estimate of drug-likeness (QED) is 0.646. The zero-order valence-corrected chi connectivity index (χ0v) is 9.52. The fourth-order valence-corrected chi connectivity index (χ4v) is 2.62. The molecule has 0 amide bonds. The van der Waals surface area contributed by atoms with Crippen LogP contribution in [0.4, 0.5) is 0 Å². The Hall–Kier alpha value is -0.200. The molecule has 0 radical (unpaired) electrons. The van der Waals surface area contributed by atoms with Crippen LogP contribution in [0.25, 0.3) is 0 Å². The molecule has 0 spiro atoms. The van der Waals surface area contributed by atoms with E-state index in [0.717, 1.165) is 18.8 Å². The highest BCUT2D eigenvalue weighted by atomic mass is 32.2. The molecular weight excluding hydrogens is 180 g/mol. The van der Waals surface area contributed by atoms with Gasteiger partial charge < -0.3 is 0 Å². The molecule has 0 bridgehead atoms. The summed E-state index contributed by atoms with van der Waals surface area (Å²) in [6, 6.07) is 2.38. The van der Waals surface area contributed by atoms with Crippen LogP contribution >= 0.6 is 11.8 Å². The number of rotatable bonds is 1. The van der Waals surface area contributed by atoms with E-state index in [1.807, 2.05) is 18.7 Å². The highest BCUT2D eigenvalue weighted by molar-refractivity contribution is 8.00. The topological polar surface area (TPSA) is 27.0 Å². The summed E-state index contributed by atoms with van der Waals surface area (Å²) >= 11 is 2.02. The van der Waals surface area contributed by atoms with Crippen LogP contribution in [0, 0.1) is 11.3 Å². The Balaban J connectivity index is 2.51. The van der Waals surface area contributed by atoms with Crippen molar-refractivity contribution in [3.63, 3.8) is 0 Å². The van der Waals surface area contributed by atoms with E-state index < -0.39 is 0 Å². The molecule has 1 saturated heterocycles. The molecule has 3 heteroatoms. The molecule has 74 valence electrons. The molecule has 0 aliphatic carbocycles. The maximum absolute atomic E-state index is 8.81. The third kappa shape index (κ3) is 3.21. The van der Waals surface area contributed by atoms with Gasteiger partial charge in [0.25, 0.3) is 0 Å². The first-order chi connectivity index (χ1) is 6.05. The van der Waals surface area contributed by atoms with E-state index in [4.69, 9.17) is 5.26 Å². The van der Waals surface area contributed by atoms with Gasteiger partial charge in [0.1, 0.15) is 0 Å². The first-order valence-electron chi connectivity index (χ1n) is 4.83. The van der Waals surface area contributed by atoms with E-state index >= 15 is 0 Å². The minimum Gasteiger partial charge on any atom is -0.287 e. The van der Waals surface area contributed by atoms with E-state index in [0.29, 0.717) is 4.75 Å². The minimum atomic E-state index is 0.0782. The maximum atomic E-state index is 8.81. The second-order valence-corrected chi connectivity index (χ2v) is 6.00. The third-order valence-electron chi connectivity index (χ3n) is 2.61. The van der Waals surface area contributed by atoms with Crippen molar-refractivity contribution in [1.82, 2.24) is 4.90 Å². The summed E-state index contributed by atoms with van der Waals surface area (Å²) in [5.74, 6) is 1.15. The van der Waals surface area contributed by atoms with Crippen LogP contribution in [0.5, 0.6) is 0 Å². The lowest BCUT2D eigenvalue weighted by Gasteiger charge is -2.23. The fourth-order valence-electron chi connectivity index (χ4n) is 1.50. The minimum absolute atomic E-state index is 0.0782. The van der Waals surface area contributed by atoms with Gasteiger partial charge in [-0.2, -0.15) is 17.0 Å². The summed E-state index contributed by atoms with van der Waals surface area (Å²) in [6.07, 6.45) is 1.18. The van der Waals surface area contributed by atoms with Gasteiger partial charge in [0, 0.05) is 23.6 Å². The molecule has 0 N–H and O–H groups in total. The fraction of sp³-hybridized carbons (Fsp3) is 0.900. The molecule has 1 fully saturated rings. The summed E-state index contributed by atoms with van der Waals surface area (Å²) in [5.41, 5.74) is 0. The Morgan fingerprint density at radius 3 is 2.77 bits per heavy atom. The predicted molar refractivity (Wildman–Crippen MR) is 57.8 cm³/mol. The smallest absolute Gasteiger partial charge is 0.0949 e. The average Bonchev–Trinajstić information content (AvgIpc) is 2.25. The molecule has 1 heterocycles. The van der Waals surface area contributed by atoms with Gasteiger partial charge in [0.15, 0.2) is 0 Å². The summed E-state index contributed by atoms with van der Waals surface area (Å²) in [6.45, 7) is 8.69. The summed E-state index contributed by atoms with van der Waals surface area (Å²) in [4.78, 5) is 2.28. The van der Waals surface area contributed by atoms with Gasteiger partial charge in [-0.25, -0.2) is 0 Å². The van der Waals surface area contributed by atoms with Crippen LogP contribution < -0.4 is 0 Å². The van der Waals surface area contributed by atoms with Crippen molar-refractivity contribution in [2.75, 3.05) is 18.8 Å². The highest BCUT2D eigenvalue weighted by Gasteiger charge is 2.25. The molecule has 1 rings (SSSR count). The lowest BCUT2D eigenvalue weighted by atomic mass is 10.1.